The molecule has 148 valence electrons. The molecule has 9 nitrogen and oxygen atoms in total. The Morgan fingerprint density at radius 2 is 1.86 bits per heavy atom. The molecule has 0 fully saturated rings. The van der Waals surface area contributed by atoms with Crippen LogP contribution in [0.15, 0.2) is 53.7 Å². The molecule has 29 heavy (non-hydrogen) atoms. The SMILES string of the molecule is O=C(CSc1n[nH]c(-c2ccccc2)n1)NC(=O)Nc1ccc2c(c1)OCCO2. The highest BCUT2D eigenvalue weighted by Gasteiger charge is 2.14. The molecule has 3 amide bonds. The molecule has 0 saturated carbocycles. The van der Waals surface area contributed by atoms with Crippen LogP contribution in [-0.4, -0.2) is 46.1 Å². The first-order valence-corrected chi connectivity index (χ1v) is 9.77. The van der Waals surface area contributed by atoms with Gasteiger partial charge in [0.2, 0.25) is 11.1 Å². The van der Waals surface area contributed by atoms with Gasteiger partial charge in [0.05, 0.1) is 5.75 Å². The van der Waals surface area contributed by atoms with Gasteiger partial charge in [0.25, 0.3) is 0 Å². The molecule has 0 aliphatic carbocycles. The molecule has 0 unspecified atom stereocenters. The number of nitrogens with zero attached hydrogens (tertiary/aromatic N) is 2. The molecule has 1 aliphatic heterocycles. The summed E-state index contributed by atoms with van der Waals surface area (Å²) < 4.78 is 10.9. The van der Waals surface area contributed by atoms with Crippen LogP contribution in [0, 0.1) is 0 Å². The Morgan fingerprint density at radius 1 is 1.07 bits per heavy atom. The molecule has 3 aromatic rings. The number of H-pyrrole nitrogens is 1. The van der Waals surface area contributed by atoms with E-state index in [2.05, 4.69) is 25.8 Å². The first-order valence-electron chi connectivity index (χ1n) is 8.78. The number of carbonyl (C=O) groups is 2. The Kier molecular flexibility index (Phi) is 5.61. The van der Waals surface area contributed by atoms with Crippen molar-refractivity contribution < 1.29 is 19.1 Å². The van der Waals surface area contributed by atoms with Crippen molar-refractivity contribution in [3.8, 4) is 22.9 Å². The van der Waals surface area contributed by atoms with E-state index in [9.17, 15) is 9.59 Å². The van der Waals surface area contributed by atoms with Crippen molar-refractivity contribution >= 4 is 29.4 Å². The zero-order valence-electron chi connectivity index (χ0n) is 15.2. The molecule has 2 aromatic carbocycles. The first-order chi connectivity index (χ1) is 14.2. The van der Waals surface area contributed by atoms with Gasteiger partial charge in [0, 0.05) is 17.3 Å². The Bertz CT molecular complexity index is 1020. The van der Waals surface area contributed by atoms with Gasteiger partial charge in [0.1, 0.15) is 13.2 Å². The summed E-state index contributed by atoms with van der Waals surface area (Å²) in [5, 5.41) is 12.2. The third kappa shape index (κ3) is 4.85. The van der Waals surface area contributed by atoms with Crippen molar-refractivity contribution in [3.05, 3.63) is 48.5 Å². The van der Waals surface area contributed by atoms with Gasteiger partial charge in [0.15, 0.2) is 17.3 Å². The molecule has 1 aliphatic rings. The predicted molar refractivity (Wildman–Crippen MR) is 107 cm³/mol. The van der Waals surface area contributed by atoms with Crippen LogP contribution in [0.3, 0.4) is 0 Å². The Hall–Kier alpha value is -3.53. The van der Waals surface area contributed by atoms with Crippen LogP contribution in [0.1, 0.15) is 0 Å². The number of imide groups is 1. The van der Waals surface area contributed by atoms with Crippen molar-refractivity contribution in [1.82, 2.24) is 20.5 Å². The Morgan fingerprint density at radius 3 is 2.69 bits per heavy atom. The first kappa shape index (κ1) is 18.8. The maximum Gasteiger partial charge on any atom is 0.325 e. The largest absolute Gasteiger partial charge is 0.486 e. The number of nitrogens with one attached hydrogen (secondary N) is 3. The Labute approximate surface area is 170 Å². The monoisotopic (exact) mass is 411 g/mol. The number of aromatic amines is 1. The standard InChI is InChI=1S/C19H17N5O4S/c25-16(11-29-19-22-17(23-24-19)12-4-2-1-3-5-12)21-18(26)20-13-6-7-14-15(10-13)28-9-8-27-14/h1-7,10H,8-9,11H2,(H,22,23,24)(H2,20,21,25,26). The zero-order valence-corrected chi connectivity index (χ0v) is 16.0. The predicted octanol–water partition coefficient (Wildman–Crippen LogP) is 2.68. The molecule has 0 radical (unpaired) electrons. The number of urea groups is 1. The van der Waals surface area contributed by atoms with Crippen LogP contribution in [0.5, 0.6) is 11.5 Å². The molecule has 3 N–H and O–H groups in total. The third-order valence-electron chi connectivity index (χ3n) is 3.90. The molecule has 2 heterocycles. The van der Waals surface area contributed by atoms with Gasteiger partial charge in [-0.2, -0.15) is 0 Å². The lowest BCUT2D eigenvalue weighted by Gasteiger charge is -2.19. The minimum atomic E-state index is -0.632. The Balaban J connectivity index is 1.26. The fourth-order valence-electron chi connectivity index (χ4n) is 2.61. The smallest absolute Gasteiger partial charge is 0.325 e. The highest BCUT2D eigenvalue weighted by Crippen LogP contribution is 2.32. The lowest BCUT2D eigenvalue weighted by molar-refractivity contribution is -0.117. The summed E-state index contributed by atoms with van der Waals surface area (Å²) in [6.45, 7) is 0.940. The lowest BCUT2D eigenvalue weighted by Crippen LogP contribution is -2.35. The van der Waals surface area contributed by atoms with Crippen LogP contribution < -0.4 is 20.1 Å². The van der Waals surface area contributed by atoms with E-state index in [0.717, 1.165) is 17.3 Å². The number of hydrogen-bond acceptors (Lipinski definition) is 7. The molecule has 1 aromatic heterocycles. The maximum absolute atomic E-state index is 12.0. The van der Waals surface area contributed by atoms with Crippen molar-refractivity contribution in [2.45, 2.75) is 5.16 Å². The van der Waals surface area contributed by atoms with Crippen molar-refractivity contribution in [1.29, 1.82) is 0 Å². The second kappa shape index (κ2) is 8.65. The van der Waals surface area contributed by atoms with E-state index in [4.69, 9.17) is 9.47 Å². The van der Waals surface area contributed by atoms with E-state index in [1.807, 2.05) is 30.3 Å². The van der Waals surface area contributed by atoms with Gasteiger partial charge in [-0.25, -0.2) is 9.78 Å². The van der Waals surface area contributed by atoms with E-state index < -0.39 is 11.9 Å². The summed E-state index contributed by atoms with van der Waals surface area (Å²) in [5.74, 6) is 1.33. The molecule has 0 atom stereocenters. The van der Waals surface area contributed by atoms with Crippen LogP contribution in [0.4, 0.5) is 10.5 Å². The number of fused-ring (bicyclic) bond motifs is 1. The number of carbonyl (C=O) groups excluding carboxylic acids is 2. The van der Waals surface area contributed by atoms with Gasteiger partial charge in [-0.3, -0.25) is 15.2 Å². The summed E-state index contributed by atoms with van der Waals surface area (Å²) in [7, 11) is 0. The molecule has 10 heteroatoms. The van der Waals surface area contributed by atoms with Gasteiger partial charge >= 0.3 is 6.03 Å². The molecular formula is C19H17N5O4S. The second-order valence-electron chi connectivity index (χ2n) is 5.98. The highest BCUT2D eigenvalue weighted by molar-refractivity contribution is 7.99. The fraction of sp³-hybridized carbons (Fsp3) is 0.158. The maximum atomic E-state index is 12.0. The van der Waals surface area contributed by atoms with Gasteiger partial charge in [-0.1, -0.05) is 42.1 Å². The van der Waals surface area contributed by atoms with Gasteiger partial charge < -0.3 is 14.8 Å². The van der Waals surface area contributed by atoms with Crippen LogP contribution >= 0.6 is 11.8 Å². The van der Waals surface area contributed by atoms with Crippen LogP contribution in [-0.2, 0) is 4.79 Å². The van der Waals surface area contributed by atoms with Crippen molar-refractivity contribution in [2.75, 3.05) is 24.3 Å². The zero-order chi connectivity index (χ0) is 20.1. The number of thioether (sulfide) groups is 1. The van der Waals surface area contributed by atoms with Gasteiger partial charge in [-0.05, 0) is 12.1 Å². The quantitative estimate of drug-likeness (QED) is 0.552. The van der Waals surface area contributed by atoms with Crippen molar-refractivity contribution in [3.63, 3.8) is 0 Å². The van der Waals surface area contributed by atoms with Crippen LogP contribution in [0.2, 0.25) is 0 Å². The number of ether oxygens (including phenoxy) is 2. The molecule has 0 bridgehead atoms. The minimum absolute atomic E-state index is 0.000637. The number of rotatable bonds is 5. The average Bonchev–Trinajstić information content (AvgIpc) is 3.22. The van der Waals surface area contributed by atoms with E-state index in [-0.39, 0.29) is 5.75 Å². The normalized spacial score (nSPS) is 12.3. The average molecular weight is 411 g/mol. The van der Waals surface area contributed by atoms with Gasteiger partial charge in [-0.15, -0.1) is 5.10 Å². The summed E-state index contributed by atoms with van der Waals surface area (Å²) in [6.07, 6.45) is 0. The van der Waals surface area contributed by atoms with E-state index in [1.54, 1.807) is 18.2 Å². The summed E-state index contributed by atoms with van der Waals surface area (Å²) >= 11 is 1.13. The van der Waals surface area contributed by atoms with E-state index in [1.165, 1.54) is 0 Å². The molecular weight excluding hydrogens is 394 g/mol. The number of benzene rings is 2. The third-order valence-corrected chi connectivity index (χ3v) is 4.74. The molecule has 4 rings (SSSR count). The second-order valence-corrected chi connectivity index (χ2v) is 6.92. The molecule has 0 spiro atoms. The lowest BCUT2D eigenvalue weighted by atomic mass is 10.2. The molecule has 0 saturated heterocycles. The fourth-order valence-corrected chi connectivity index (χ4v) is 3.21. The van der Waals surface area contributed by atoms with E-state index in [0.29, 0.717) is 41.4 Å². The number of amides is 3. The summed E-state index contributed by atoms with van der Waals surface area (Å²) in [5.41, 5.74) is 1.39. The topological polar surface area (TPSA) is 118 Å². The van der Waals surface area contributed by atoms with E-state index >= 15 is 0 Å². The summed E-state index contributed by atoms with van der Waals surface area (Å²) in [4.78, 5) is 28.4. The highest BCUT2D eigenvalue weighted by atomic mass is 32.2. The minimum Gasteiger partial charge on any atom is -0.486 e. The summed E-state index contributed by atoms with van der Waals surface area (Å²) in [6, 6.07) is 13.9. The number of hydrogen-bond donors (Lipinski definition) is 3. The number of aromatic nitrogens is 3. The van der Waals surface area contributed by atoms with Crippen LogP contribution in [0.25, 0.3) is 11.4 Å². The van der Waals surface area contributed by atoms with Crippen molar-refractivity contribution in [2.24, 2.45) is 0 Å². The number of anilines is 1.